The molecule has 0 N–H and O–H groups in total. The minimum Gasteiger partial charge on any atom is -0.293 e. The molecule has 0 bridgehead atoms. The standard InChI is InChI=1S/C9H6NO3/c11-7-3-1-2-6-9(7)8(12)4-5-10(6)13/h1-2,4-5H,3H2/q+1. The zero-order valence-corrected chi connectivity index (χ0v) is 6.69. The number of carbonyl (C=O) groups excluding carboxylic acids is 2. The molecule has 0 unspecified atom stereocenters. The SMILES string of the molecule is O=C1C=C[N+](=O)C2=C1C(=O)CC=C2. The highest BCUT2D eigenvalue weighted by Gasteiger charge is 2.34. The molecule has 0 amide bonds. The third-order valence-corrected chi connectivity index (χ3v) is 1.96. The van der Waals surface area contributed by atoms with Gasteiger partial charge in [-0.05, 0) is 0 Å². The molecule has 0 saturated heterocycles. The fourth-order valence-electron chi connectivity index (χ4n) is 1.35. The van der Waals surface area contributed by atoms with Gasteiger partial charge in [-0.1, -0.05) is 6.08 Å². The number of hydrogen-bond donors (Lipinski definition) is 0. The van der Waals surface area contributed by atoms with Gasteiger partial charge in [0.1, 0.15) is 5.57 Å². The fraction of sp³-hybridized carbons (Fsp3) is 0.111. The van der Waals surface area contributed by atoms with Crippen LogP contribution in [0.4, 0.5) is 0 Å². The molecular formula is C9H6NO3+. The van der Waals surface area contributed by atoms with Crippen molar-refractivity contribution in [3.63, 3.8) is 0 Å². The van der Waals surface area contributed by atoms with Crippen LogP contribution in [-0.2, 0) is 9.59 Å². The van der Waals surface area contributed by atoms with Gasteiger partial charge in [-0.3, -0.25) is 9.59 Å². The van der Waals surface area contributed by atoms with Crippen LogP contribution in [0.5, 0.6) is 0 Å². The van der Waals surface area contributed by atoms with Crippen molar-refractivity contribution in [1.82, 2.24) is 0 Å². The number of allylic oxidation sites excluding steroid dienone is 4. The average molecular weight is 176 g/mol. The zero-order chi connectivity index (χ0) is 9.42. The van der Waals surface area contributed by atoms with Crippen LogP contribution >= 0.6 is 0 Å². The Kier molecular flexibility index (Phi) is 1.55. The second-order valence-corrected chi connectivity index (χ2v) is 2.80. The van der Waals surface area contributed by atoms with Crippen molar-refractivity contribution in [2.45, 2.75) is 6.42 Å². The van der Waals surface area contributed by atoms with Gasteiger partial charge in [0.2, 0.25) is 12.0 Å². The van der Waals surface area contributed by atoms with Crippen LogP contribution in [0.25, 0.3) is 0 Å². The van der Waals surface area contributed by atoms with Crippen LogP contribution in [0.1, 0.15) is 6.42 Å². The van der Waals surface area contributed by atoms with Crippen molar-refractivity contribution >= 4 is 11.6 Å². The lowest BCUT2D eigenvalue weighted by atomic mass is 9.95. The van der Waals surface area contributed by atoms with Crippen LogP contribution in [0.3, 0.4) is 0 Å². The number of rotatable bonds is 0. The Morgan fingerprint density at radius 2 is 2.00 bits per heavy atom. The van der Waals surface area contributed by atoms with Gasteiger partial charge in [0, 0.05) is 17.4 Å². The highest BCUT2D eigenvalue weighted by Crippen LogP contribution is 2.21. The molecule has 1 aliphatic carbocycles. The summed E-state index contributed by atoms with van der Waals surface area (Å²) < 4.78 is 0.532. The predicted octanol–water partition coefficient (Wildman–Crippen LogP) is 0.645. The molecule has 1 aliphatic heterocycles. The van der Waals surface area contributed by atoms with E-state index in [1.807, 2.05) is 0 Å². The molecular weight excluding hydrogens is 170 g/mol. The molecule has 4 heteroatoms. The predicted molar refractivity (Wildman–Crippen MR) is 43.6 cm³/mol. The van der Waals surface area contributed by atoms with Gasteiger partial charge in [0.05, 0.1) is 10.8 Å². The Morgan fingerprint density at radius 3 is 2.69 bits per heavy atom. The number of nitrogens with zero attached hydrogens (tertiary/aromatic N) is 1. The number of nitroso groups, excluding NO2 is 1. The van der Waals surface area contributed by atoms with Crippen molar-refractivity contribution in [2.75, 3.05) is 0 Å². The summed E-state index contributed by atoms with van der Waals surface area (Å²) in [6.45, 7) is 0. The molecule has 1 heterocycles. The highest BCUT2D eigenvalue weighted by atomic mass is 16.3. The molecule has 0 fully saturated rings. The Morgan fingerprint density at radius 1 is 1.23 bits per heavy atom. The first-order chi connectivity index (χ1) is 6.20. The number of ketones is 2. The lowest BCUT2D eigenvalue weighted by molar-refractivity contribution is -0.420. The monoisotopic (exact) mass is 176 g/mol. The summed E-state index contributed by atoms with van der Waals surface area (Å²) >= 11 is 0. The van der Waals surface area contributed by atoms with Crippen molar-refractivity contribution < 1.29 is 14.3 Å². The first kappa shape index (κ1) is 7.79. The van der Waals surface area contributed by atoms with E-state index in [2.05, 4.69) is 0 Å². The zero-order valence-electron chi connectivity index (χ0n) is 6.69. The topological polar surface area (TPSA) is 54.2 Å². The van der Waals surface area contributed by atoms with Crippen LogP contribution in [0.2, 0.25) is 0 Å². The van der Waals surface area contributed by atoms with E-state index in [0.717, 1.165) is 12.3 Å². The minimum absolute atomic E-state index is 0.0139. The van der Waals surface area contributed by atoms with E-state index in [-0.39, 0.29) is 29.3 Å². The molecule has 0 radical (unpaired) electrons. The fourth-order valence-corrected chi connectivity index (χ4v) is 1.35. The maximum absolute atomic E-state index is 11.3. The van der Waals surface area contributed by atoms with Crippen molar-refractivity contribution in [3.05, 3.63) is 40.6 Å². The summed E-state index contributed by atoms with van der Waals surface area (Å²) in [4.78, 5) is 33.6. The van der Waals surface area contributed by atoms with E-state index >= 15 is 0 Å². The van der Waals surface area contributed by atoms with Crippen LogP contribution in [-0.4, -0.2) is 16.3 Å². The maximum atomic E-state index is 11.3. The molecule has 0 aromatic rings. The molecule has 2 aliphatic rings. The smallest absolute Gasteiger partial charge is 0.277 e. The maximum Gasteiger partial charge on any atom is 0.277 e. The molecule has 0 spiro atoms. The van der Waals surface area contributed by atoms with Gasteiger partial charge in [-0.2, -0.15) is 0 Å². The van der Waals surface area contributed by atoms with Crippen molar-refractivity contribution in [2.24, 2.45) is 0 Å². The summed E-state index contributed by atoms with van der Waals surface area (Å²) in [5, 5.41) is 0. The Bertz CT molecular complexity index is 413. The van der Waals surface area contributed by atoms with E-state index in [0.29, 0.717) is 4.76 Å². The third-order valence-electron chi connectivity index (χ3n) is 1.96. The minimum atomic E-state index is -0.378. The summed E-state index contributed by atoms with van der Waals surface area (Å²) in [6.07, 6.45) is 5.52. The largest absolute Gasteiger partial charge is 0.293 e. The molecule has 0 aromatic heterocycles. The second kappa shape index (κ2) is 2.58. The molecule has 0 aromatic carbocycles. The van der Waals surface area contributed by atoms with Crippen LogP contribution < -0.4 is 0 Å². The first-order valence-corrected chi connectivity index (χ1v) is 3.83. The number of hydrogen-bond acceptors (Lipinski definition) is 3. The molecule has 4 nitrogen and oxygen atoms in total. The van der Waals surface area contributed by atoms with Gasteiger partial charge in [0.15, 0.2) is 5.78 Å². The molecule has 0 atom stereocenters. The lowest BCUT2D eigenvalue weighted by Crippen LogP contribution is -2.22. The molecule has 2 rings (SSSR count). The Hall–Kier alpha value is -1.84. The van der Waals surface area contributed by atoms with Crippen molar-refractivity contribution in [3.8, 4) is 0 Å². The van der Waals surface area contributed by atoms with Gasteiger partial charge in [-0.25, -0.2) is 0 Å². The van der Waals surface area contributed by atoms with E-state index in [9.17, 15) is 14.5 Å². The highest BCUT2D eigenvalue weighted by molar-refractivity contribution is 6.25. The Balaban J connectivity index is 2.61. The van der Waals surface area contributed by atoms with Crippen molar-refractivity contribution in [1.29, 1.82) is 0 Å². The average Bonchev–Trinajstić information content (AvgIpc) is 2.12. The first-order valence-electron chi connectivity index (χ1n) is 3.83. The normalized spacial score (nSPS) is 21.1. The Labute approximate surface area is 73.8 Å². The van der Waals surface area contributed by atoms with E-state index in [1.165, 1.54) is 6.08 Å². The van der Waals surface area contributed by atoms with Gasteiger partial charge in [-0.15, -0.1) is 0 Å². The second-order valence-electron chi connectivity index (χ2n) is 2.80. The number of Topliss-reactive ketones (excluding diaryl/α,β-unsaturated/α-hetero) is 1. The van der Waals surface area contributed by atoms with Gasteiger partial charge < -0.3 is 0 Å². The van der Waals surface area contributed by atoms with E-state index in [4.69, 9.17) is 0 Å². The molecule has 13 heavy (non-hydrogen) atoms. The van der Waals surface area contributed by atoms with Crippen LogP contribution in [0, 0.1) is 4.91 Å². The summed E-state index contributed by atoms with van der Waals surface area (Å²) in [6, 6.07) is 0. The lowest BCUT2D eigenvalue weighted by Gasteiger charge is -2.06. The quantitative estimate of drug-likeness (QED) is 0.402. The molecule has 64 valence electrons. The summed E-state index contributed by atoms with van der Waals surface area (Å²) in [7, 11) is 0. The van der Waals surface area contributed by atoms with E-state index < -0.39 is 0 Å². The third kappa shape index (κ3) is 1.07. The van der Waals surface area contributed by atoms with Crippen LogP contribution in [0.15, 0.2) is 35.7 Å². The van der Waals surface area contributed by atoms with E-state index in [1.54, 1.807) is 6.08 Å². The molecule has 0 saturated carbocycles. The van der Waals surface area contributed by atoms with Gasteiger partial charge >= 0.3 is 0 Å². The number of carbonyl (C=O) groups is 2. The summed E-state index contributed by atoms with van der Waals surface area (Å²) in [5.74, 6) is -0.663. The van der Waals surface area contributed by atoms with Gasteiger partial charge in [0.25, 0.3) is 5.70 Å². The summed E-state index contributed by atoms with van der Waals surface area (Å²) in [5.41, 5.74) is 0.170.